The molecular weight excluding hydrogens is 476 g/mol. The Bertz CT molecular complexity index is 1120. The highest BCUT2D eigenvalue weighted by Gasteiger charge is 2.55. The van der Waals surface area contributed by atoms with Gasteiger partial charge in [0, 0.05) is 43.5 Å². The maximum atomic E-state index is 13.8. The van der Waals surface area contributed by atoms with Gasteiger partial charge in [-0.2, -0.15) is 0 Å². The zero-order valence-electron chi connectivity index (χ0n) is 21.1. The van der Waals surface area contributed by atoms with Crippen LogP contribution in [0.3, 0.4) is 0 Å². The van der Waals surface area contributed by atoms with Crippen molar-refractivity contribution < 1.29 is 24.2 Å². The van der Waals surface area contributed by atoms with E-state index < -0.39 is 5.41 Å². The number of hydrogen-bond donors (Lipinski definition) is 3. The van der Waals surface area contributed by atoms with Crippen LogP contribution in [-0.2, 0) is 19.7 Å². The van der Waals surface area contributed by atoms with Crippen molar-refractivity contribution in [3.8, 4) is 11.4 Å². The van der Waals surface area contributed by atoms with Gasteiger partial charge in [0.05, 0.1) is 50.2 Å². The van der Waals surface area contributed by atoms with Gasteiger partial charge in [-0.15, -0.1) is 0 Å². The van der Waals surface area contributed by atoms with Gasteiger partial charge in [0.1, 0.15) is 5.82 Å². The lowest BCUT2D eigenvalue weighted by atomic mass is 9.98. The van der Waals surface area contributed by atoms with E-state index >= 15 is 0 Å². The Balaban J connectivity index is 1.45. The molecule has 3 heterocycles. The average Bonchev–Trinajstić information content (AvgIpc) is 3.75. The minimum Gasteiger partial charge on any atom is -0.395 e. The van der Waals surface area contributed by atoms with Crippen LogP contribution in [0.25, 0.3) is 11.4 Å². The first kappa shape index (κ1) is 25.4. The molecule has 11 nitrogen and oxygen atoms in total. The minimum atomic E-state index is -0.628. The predicted octanol–water partition coefficient (Wildman–Crippen LogP) is 1.37. The summed E-state index contributed by atoms with van der Waals surface area (Å²) in [5, 5.41) is 14.2. The number of anilines is 2. The third-order valence-electron chi connectivity index (χ3n) is 7.12. The van der Waals surface area contributed by atoms with Crippen molar-refractivity contribution in [1.82, 2.24) is 20.2 Å². The van der Waals surface area contributed by atoms with Gasteiger partial charge in [0.25, 0.3) is 0 Å². The van der Waals surface area contributed by atoms with Gasteiger partial charge in [0.2, 0.25) is 5.91 Å². The molecule has 3 N–H and O–H groups in total. The van der Waals surface area contributed by atoms with E-state index in [-0.39, 0.29) is 31.1 Å². The molecule has 2 aromatic rings. The van der Waals surface area contributed by atoms with E-state index in [1.165, 1.54) is 0 Å². The molecule has 1 aromatic heterocycles. The zero-order chi connectivity index (χ0) is 25.8. The third kappa shape index (κ3) is 5.53. The lowest BCUT2D eigenvalue weighted by molar-refractivity contribution is -0.142. The van der Waals surface area contributed by atoms with Crippen LogP contribution in [0.1, 0.15) is 25.5 Å². The Morgan fingerprint density at radius 1 is 1.08 bits per heavy atom. The fraction of sp³-hybridized carbons (Fsp3) is 0.538. The number of urea groups is 1. The van der Waals surface area contributed by atoms with Gasteiger partial charge in [-0.25, -0.2) is 14.8 Å². The van der Waals surface area contributed by atoms with Crippen LogP contribution in [-0.4, -0.2) is 97.2 Å². The van der Waals surface area contributed by atoms with E-state index in [1.54, 1.807) is 12.1 Å². The number of carbonyl (C=O) groups is 2. The highest BCUT2D eigenvalue weighted by Crippen LogP contribution is 2.50. The largest absolute Gasteiger partial charge is 0.395 e. The van der Waals surface area contributed by atoms with Crippen molar-refractivity contribution in [3.05, 3.63) is 36.0 Å². The predicted molar refractivity (Wildman–Crippen MR) is 138 cm³/mol. The number of hydrogen-bond acceptors (Lipinski definition) is 8. The SMILES string of the molecule is C[C@H]1COCCN1C(=O)C1(c2cc(N3CCOCC3)nc(-c3ccc(NC(=O)NCCO)cc3)n2)CC1. The Hall–Kier alpha value is -3.28. The molecule has 37 heavy (non-hydrogen) atoms. The first-order valence-corrected chi connectivity index (χ1v) is 12.9. The summed E-state index contributed by atoms with van der Waals surface area (Å²) in [5.74, 6) is 1.46. The monoisotopic (exact) mass is 510 g/mol. The van der Waals surface area contributed by atoms with E-state index in [0.717, 1.165) is 43.0 Å². The molecule has 198 valence electrons. The van der Waals surface area contributed by atoms with Gasteiger partial charge < -0.3 is 35.0 Å². The number of morpholine rings is 2. The highest BCUT2D eigenvalue weighted by atomic mass is 16.5. The van der Waals surface area contributed by atoms with Crippen molar-refractivity contribution >= 4 is 23.4 Å². The second-order valence-electron chi connectivity index (χ2n) is 9.72. The second kappa shape index (κ2) is 11.0. The molecular formula is C26H34N6O5. The van der Waals surface area contributed by atoms with Crippen molar-refractivity contribution in [1.29, 1.82) is 0 Å². The smallest absolute Gasteiger partial charge is 0.319 e. The second-order valence-corrected chi connectivity index (χ2v) is 9.72. The van der Waals surface area contributed by atoms with Crippen LogP contribution in [0.2, 0.25) is 0 Å². The van der Waals surface area contributed by atoms with Crippen molar-refractivity contribution in [2.75, 3.05) is 69.4 Å². The van der Waals surface area contributed by atoms with Crippen molar-refractivity contribution in [2.45, 2.75) is 31.2 Å². The summed E-state index contributed by atoms with van der Waals surface area (Å²) < 4.78 is 11.1. The summed E-state index contributed by atoms with van der Waals surface area (Å²) in [6.45, 7) is 6.48. The van der Waals surface area contributed by atoms with E-state index in [0.29, 0.717) is 44.5 Å². The number of amides is 3. The van der Waals surface area contributed by atoms with Crippen LogP contribution in [0, 0.1) is 0 Å². The number of carbonyl (C=O) groups excluding carboxylic acids is 2. The van der Waals surface area contributed by atoms with Gasteiger partial charge in [-0.3, -0.25) is 4.79 Å². The van der Waals surface area contributed by atoms with Crippen LogP contribution in [0.5, 0.6) is 0 Å². The Morgan fingerprint density at radius 2 is 1.81 bits per heavy atom. The molecule has 2 aliphatic heterocycles. The van der Waals surface area contributed by atoms with Gasteiger partial charge in [0.15, 0.2) is 5.82 Å². The van der Waals surface area contributed by atoms with Crippen molar-refractivity contribution in [2.24, 2.45) is 0 Å². The molecule has 0 bridgehead atoms. The summed E-state index contributed by atoms with van der Waals surface area (Å²) in [5.41, 5.74) is 1.53. The molecule has 1 aliphatic carbocycles. The topological polar surface area (TPSA) is 129 Å². The number of aliphatic hydroxyl groups excluding tert-OH is 1. The molecule has 5 rings (SSSR count). The molecule has 0 unspecified atom stereocenters. The van der Waals surface area contributed by atoms with Gasteiger partial charge >= 0.3 is 6.03 Å². The number of nitrogens with zero attached hydrogens (tertiary/aromatic N) is 4. The average molecular weight is 511 g/mol. The summed E-state index contributed by atoms with van der Waals surface area (Å²) in [6.07, 6.45) is 1.53. The molecule has 11 heteroatoms. The van der Waals surface area contributed by atoms with E-state index in [9.17, 15) is 9.59 Å². The Kier molecular flexibility index (Phi) is 7.54. The van der Waals surface area contributed by atoms with Crippen LogP contribution >= 0.6 is 0 Å². The molecule has 1 saturated carbocycles. The molecule has 0 spiro atoms. The Morgan fingerprint density at radius 3 is 2.49 bits per heavy atom. The maximum absolute atomic E-state index is 13.8. The first-order chi connectivity index (χ1) is 18.0. The van der Waals surface area contributed by atoms with Gasteiger partial charge in [-0.1, -0.05) is 0 Å². The summed E-state index contributed by atoms with van der Waals surface area (Å²) >= 11 is 0. The number of rotatable bonds is 7. The number of ether oxygens (including phenoxy) is 2. The molecule has 3 aliphatic rings. The van der Waals surface area contributed by atoms with E-state index in [1.807, 2.05) is 30.0 Å². The van der Waals surface area contributed by atoms with Crippen molar-refractivity contribution in [3.63, 3.8) is 0 Å². The summed E-state index contributed by atoms with van der Waals surface area (Å²) in [6, 6.07) is 8.91. The van der Waals surface area contributed by atoms with E-state index in [2.05, 4.69) is 15.5 Å². The maximum Gasteiger partial charge on any atom is 0.319 e. The quantitative estimate of drug-likeness (QED) is 0.510. The number of nitrogens with one attached hydrogen (secondary N) is 2. The molecule has 0 radical (unpaired) electrons. The van der Waals surface area contributed by atoms with E-state index in [4.69, 9.17) is 24.5 Å². The molecule has 2 saturated heterocycles. The fourth-order valence-electron chi connectivity index (χ4n) is 4.82. The fourth-order valence-corrected chi connectivity index (χ4v) is 4.82. The molecule has 3 amide bonds. The number of benzene rings is 1. The first-order valence-electron chi connectivity index (χ1n) is 12.9. The number of aromatic nitrogens is 2. The van der Waals surface area contributed by atoms with Gasteiger partial charge in [-0.05, 0) is 44.0 Å². The van der Waals surface area contributed by atoms with Crippen LogP contribution in [0.15, 0.2) is 30.3 Å². The summed E-state index contributed by atoms with van der Waals surface area (Å²) in [7, 11) is 0. The minimum absolute atomic E-state index is 0.0355. The van der Waals surface area contributed by atoms with Crippen LogP contribution < -0.4 is 15.5 Å². The van der Waals surface area contributed by atoms with Crippen LogP contribution in [0.4, 0.5) is 16.3 Å². The lowest BCUT2D eigenvalue weighted by Crippen LogP contribution is -2.51. The summed E-state index contributed by atoms with van der Waals surface area (Å²) in [4.78, 5) is 39.6. The molecule has 3 fully saturated rings. The number of aliphatic hydroxyl groups is 1. The standard InChI is InChI=1S/C26H34N6O5/c1-18-17-37-15-11-32(18)24(34)26(6-7-26)21-16-22(31-9-13-36-14-10-31)30-23(29-21)19-2-4-20(5-3-19)28-25(35)27-8-12-33/h2-5,16,18,33H,6-15,17H2,1H3,(H2,27,28,35)/t18-/m0/s1. The Labute approximate surface area is 216 Å². The lowest BCUT2D eigenvalue weighted by Gasteiger charge is -2.36. The zero-order valence-corrected chi connectivity index (χ0v) is 21.1. The molecule has 1 atom stereocenters. The normalized spacial score (nSPS) is 20.9. The molecule has 1 aromatic carbocycles. The third-order valence-corrected chi connectivity index (χ3v) is 7.12. The highest BCUT2D eigenvalue weighted by molar-refractivity contribution is 5.92.